The Labute approximate surface area is 179 Å². The van der Waals surface area contributed by atoms with E-state index in [-0.39, 0.29) is 5.91 Å². The van der Waals surface area contributed by atoms with Gasteiger partial charge in [-0.05, 0) is 55.5 Å². The zero-order valence-corrected chi connectivity index (χ0v) is 17.0. The van der Waals surface area contributed by atoms with Crippen molar-refractivity contribution in [3.63, 3.8) is 0 Å². The molecule has 0 fully saturated rings. The van der Waals surface area contributed by atoms with Crippen molar-refractivity contribution in [3.8, 4) is 11.4 Å². The summed E-state index contributed by atoms with van der Waals surface area (Å²) in [5.41, 5.74) is 4.02. The van der Waals surface area contributed by atoms with E-state index in [9.17, 15) is 4.79 Å². The SMILES string of the molecule is Cc1cccc(-c2nccc(Nc3cccc(C(=O)Nc4cccc(Cl)c4)c3)n2)c1. The van der Waals surface area contributed by atoms with Gasteiger partial charge in [-0.2, -0.15) is 0 Å². The van der Waals surface area contributed by atoms with E-state index in [2.05, 4.69) is 20.6 Å². The van der Waals surface area contributed by atoms with Crippen LogP contribution in [0, 0.1) is 6.92 Å². The predicted molar refractivity (Wildman–Crippen MR) is 121 cm³/mol. The minimum Gasteiger partial charge on any atom is -0.340 e. The van der Waals surface area contributed by atoms with Gasteiger partial charge in [0.15, 0.2) is 5.82 Å². The maximum absolute atomic E-state index is 12.6. The lowest BCUT2D eigenvalue weighted by Crippen LogP contribution is -2.12. The average molecular weight is 415 g/mol. The first-order valence-corrected chi connectivity index (χ1v) is 9.79. The van der Waals surface area contributed by atoms with Crippen LogP contribution in [0.25, 0.3) is 11.4 Å². The normalized spacial score (nSPS) is 10.5. The summed E-state index contributed by atoms with van der Waals surface area (Å²) < 4.78 is 0. The number of hydrogen-bond donors (Lipinski definition) is 2. The summed E-state index contributed by atoms with van der Waals surface area (Å²) in [6, 6.07) is 24.1. The van der Waals surface area contributed by atoms with E-state index in [1.165, 1.54) is 0 Å². The van der Waals surface area contributed by atoms with Gasteiger partial charge in [0.25, 0.3) is 5.91 Å². The maximum atomic E-state index is 12.6. The second-order valence-corrected chi connectivity index (χ2v) is 7.24. The Bertz CT molecular complexity index is 1210. The lowest BCUT2D eigenvalue weighted by atomic mass is 10.1. The van der Waals surface area contributed by atoms with E-state index in [1.54, 1.807) is 48.7 Å². The number of carbonyl (C=O) groups is 1. The Morgan fingerprint density at radius 2 is 1.70 bits per heavy atom. The number of rotatable bonds is 5. The van der Waals surface area contributed by atoms with Crippen LogP contribution in [0.2, 0.25) is 5.02 Å². The maximum Gasteiger partial charge on any atom is 0.255 e. The second-order valence-electron chi connectivity index (χ2n) is 6.81. The molecule has 0 aliphatic rings. The number of aryl methyl sites for hydroxylation is 1. The summed E-state index contributed by atoms with van der Waals surface area (Å²) >= 11 is 5.98. The van der Waals surface area contributed by atoms with Gasteiger partial charge < -0.3 is 10.6 Å². The van der Waals surface area contributed by atoms with Gasteiger partial charge in [-0.25, -0.2) is 9.97 Å². The average Bonchev–Trinajstić information content (AvgIpc) is 2.74. The quantitative estimate of drug-likeness (QED) is 0.414. The molecule has 30 heavy (non-hydrogen) atoms. The third-order valence-corrected chi connectivity index (χ3v) is 4.65. The molecule has 0 atom stereocenters. The highest BCUT2D eigenvalue weighted by Crippen LogP contribution is 2.21. The van der Waals surface area contributed by atoms with Crippen LogP contribution < -0.4 is 10.6 Å². The molecule has 0 saturated carbocycles. The Morgan fingerprint density at radius 3 is 2.53 bits per heavy atom. The Morgan fingerprint density at radius 1 is 0.900 bits per heavy atom. The summed E-state index contributed by atoms with van der Waals surface area (Å²) in [5, 5.41) is 6.66. The molecule has 6 heteroatoms. The van der Waals surface area contributed by atoms with E-state index >= 15 is 0 Å². The first-order chi connectivity index (χ1) is 14.6. The van der Waals surface area contributed by atoms with Crippen LogP contribution in [-0.2, 0) is 0 Å². The molecule has 0 spiro atoms. The molecule has 148 valence electrons. The summed E-state index contributed by atoms with van der Waals surface area (Å²) in [6.07, 6.45) is 1.71. The minimum absolute atomic E-state index is 0.218. The standard InChI is InChI=1S/C24H19ClN4O/c1-16-5-2-6-17(13-16)23-26-12-11-22(29-23)27-20-9-3-7-18(14-20)24(30)28-21-10-4-8-19(25)15-21/h2-15H,1H3,(H,28,30)(H,26,27,29). The number of amides is 1. The van der Waals surface area contributed by atoms with Crippen LogP contribution in [0.15, 0.2) is 85.1 Å². The molecule has 2 N–H and O–H groups in total. The largest absolute Gasteiger partial charge is 0.340 e. The van der Waals surface area contributed by atoms with Crippen molar-refractivity contribution in [2.75, 3.05) is 10.6 Å². The van der Waals surface area contributed by atoms with Crippen molar-refractivity contribution >= 4 is 34.7 Å². The topological polar surface area (TPSA) is 66.9 Å². The van der Waals surface area contributed by atoms with Crippen LogP contribution in [0.1, 0.15) is 15.9 Å². The molecule has 0 bridgehead atoms. The lowest BCUT2D eigenvalue weighted by Gasteiger charge is -2.10. The van der Waals surface area contributed by atoms with E-state index < -0.39 is 0 Å². The first kappa shape index (κ1) is 19.6. The van der Waals surface area contributed by atoms with Crippen LogP contribution in [0.5, 0.6) is 0 Å². The Kier molecular flexibility index (Phi) is 5.72. The fourth-order valence-corrected chi connectivity index (χ4v) is 3.20. The molecule has 0 saturated heterocycles. The summed E-state index contributed by atoms with van der Waals surface area (Å²) in [5.74, 6) is 1.07. The van der Waals surface area contributed by atoms with Gasteiger partial charge in [0, 0.05) is 33.7 Å². The highest BCUT2D eigenvalue weighted by molar-refractivity contribution is 6.31. The molecular weight excluding hydrogens is 396 g/mol. The number of carbonyl (C=O) groups excluding carboxylic acids is 1. The first-order valence-electron chi connectivity index (χ1n) is 9.41. The van der Waals surface area contributed by atoms with Gasteiger partial charge >= 0.3 is 0 Å². The third kappa shape index (κ3) is 4.82. The van der Waals surface area contributed by atoms with Gasteiger partial charge in [0.2, 0.25) is 0 Å². The van der Waals surface area contributed by atoms with E-state index in [4.69, 9.17) is 11.6 Å². The van der Waals surface area contributed by atoms with E-state index in [1.807, 2.05) is 43.3 Å². The zero-order valence-electron chi connectivity index (χ0n) is 16.3. The molecule has 1 aromatic heterocycles. The van der Waals surface area contributed by atoms with Crippen molar-refractivity contribution < 1.29 is 4.79 Å². The molecule has 1 heterocycles. The van der Waals surface area contributed by atoms with Gasteiger partial charge in [0.1, 0.15) is 5.82 Å². The number of halogens is 1. The third-order valence-electron chi connectivity index (χ3n) is 4.41. The van der Waals surface area contributed by atoms with E-state index in [0.717, 1.165) is 16.8 Å². The zero-order chi connectivity index (χ0) is 20.9. The Balaban J connectivity index is 1.52. The van der Waals surface area contributed by atoms with Crippen molar-refractivity contribution in [2.24, 2.45) is 0 Å². The van der Waals surface area contributed by atoms with Crippen LogP contribution in [-0.4, -0.2) is 15.9 Å². The second kappa shape index (κ2) is 8.76. The fraction of sp³-hybridized carbons (Fsp3) is 0.0417. The molecule has 0 unspecified atom stereocenters. The van der Waals surface area contributed by atoms with Gasteiger partial charge in [-0.15, -0.1) is 0 Å². The number of nitrogens with zero attached hydrogens (tertiary/aromatic N) is 2. The van der Waals surface area contributed by atoms with Crippen LogP contribution in [0.4, 0.5) is 17.2 Å². The number of hydrogen-bond acceptors (Lipinski definition) is 4. The van der Waals surface area contributed by atoms with E-state index in [0.29, 0.717) is 27.9 Å². The summed E-state index contributed by atoms with van der Waals surface area (Å²) in [6.45, 7) is 2.03. The van der Waals surface area contributed by atoms with Crippen molar-refractivity contribution in [2.45, 2.75) is 6.92 Å². The molecule has 4 aromatic rings. The summed E-state index contributed by atoms with van der Waals surface area (Å²) in [4.78, 5) is 21.6. The predicted octanol–water partition coefficient (Wildman–Crippen LogP) is 6.10. The number of nitrogens with one attached hydrogen (secondary N) is 2. The monoisotopic (exact) mass is 414 g/mol. The van der Waals surface area contributed by atoms with Crippen LogP contribution >= 0.6 is 11.6 Å². The molecule has 5 nitrogen and oxygen atoms in total. The minimum atomic E-state index is -0.218. The van der Waals surface area contributed by atoms with Crippen molar-refractivity contribution in [1.82, 2.24) is 9.97 Å². The van der Waals surface area contributed by atoms with Crippen molar-refractivity contribution in [1.29, 1.82) is 0 Å². The van der Waals surface area contributed by atoms with Crippen LogP contribution in [0.3, 0.4) is 0 Å². The number of anilines is 3. The van der Waals surface area contributed by atoms with Gasteiger partial charge in [-0.1, -0.05) is 47.5 Å². The number of aromatic nitrogens is 2. The fourth-order valence-electron chi connectivity index (χ4n) is 3.01. The molecule has 0 aliphatic heterocycles. The lowest BCUT2D eigenvalue weighted by molar-refractivity contribution is 0.102. The molecule has 0 radical (unpaired) electrons. The molecule has 1 amide bonds. The molecule has 0 aliphatic carbocycles. The summed E-state index contributed by atoms with van der Waals surface area (Å²) in [7, 11) is 0. The smallest absolute Gasteiger partial charge is 0.255 e. The molecule has 4 rings (SSSR count). The molecular formula is C24H19ClN4O. The highest BCUT2D eigenvalue weighted by atomic mass is 35.5. The highest BCUT2D eigenvalue weighted by Gasteiger charge is 2.08. The van der Waals surface area contributed by atoms with Gasteiger partial charge in [-0.3, -0.25) is 4.79 Å². The Hall–Kier alpha value is -3.70. The molecule has 3 aromatic carbocycles. The number of benzene rings is 3. The van der Waals surface area contributed by atoms with Gasteiger partial charge in [0.05, 0.1) is 0 Å². The van der Waals surface area contributed by atoms with Crippen molar-refractivity contribution in [3.05, 3.63) is 101 Å².